The van der Waals surface area contributed by atoms with Crippen LogP contribution in [0.3, 0.4) is 0 Å². The van der Waals surface area contributed by atoms with Crippen LogP contribution in [-0.4, -0.2) is 31.4 Å². The number of amides is 1. The Labute approximate surface area is 184 Å². The molecule has 0 aliphatic rings. The van der Waals surface area contributed by atoms with Crippen molar-refractivity contribution in [3.8, 4) is 0 Å². The molecule has 3 aromatic rings. The molecule has 6 nitrogen and oxygen atoms in total. The third-order valence-corrected chi connectivity index (χ3v) is 7.04. The SMILES string of the molecule is Cc1ccc(S(=O)(=O)N(CC(=O)N/N=C/c2cccs2)Cc2ccc(Cl)cc2)cc1. The van der Waals surface area contributed by atoms with E-state index in [0.717, 1.165) is 14.7 Å². The molecule has 30 heavy (non-hydrogen) atoms. The Morgan fingerprint density at radius 3 is 2.47 bits per heavy atom. The fourth-order valence-electron chi connectivity index (χ4n) is 2.61. The fourth-order valence-corrected chi connectivity index (χ4v) is 4.70. The van der Waals surface area contributed by atoms with Gasteiger partial charge in [0.1, 0.15) is 0 Å². The van der Waals surface area contributed by atoms with Gasteiger partial charge < -0.3 is 0 Å². The van der Waals surface area contributed by atoms with E-state index in [-0.39, 0.29) is 18.0 Å². The predicted molar refractivity (Wildman–Crippen MR) is 120 cm³/mol. The molecule has 1 aromatic heterocycles. The van der Waals surface area contributed by atoms with Gasteiger partial charge in [-0.15, -0.1) is 11.3 Å². The van der Waals surface area contributed by atoms with Gasteiger partial charge in [-0.3, -0.25) is 4.79 Å². The lowest BCUT2D eigenvalue weighted by molar-refractivity contribution is -0.121. The third-order valence-electron chi connectivity index (χ3n) is 4.18. The van der Waals surface area contributed by atoms with E-state index in [0.29, 0.717) is 10.6 Å². The zero-order chi connectivity index (χ0) is 21.6. The summed E-state index contributed by atoms with van der Waals surface area (Å²) in [4.78, 5) is 13.4. The van der Waals surface area contributed by atoms with Crippen molar-refractivity contribution in [2.24, 2.45) is 5.10 Å². The summed E-state index contributed by atoms with van der Waals surface area (Å²) in [5, 5.41) is 6.34. The van der Waals surface area contributed by atoms with Gasteiger partial charge in [-0.1, -0.05) is 47.5 Å². The predicted octanol–water partition coefficient (Wildman–Crippen LogP) is 4.05. The summed E-state index contributed by atoms with van der Waals surface area (Å²) in [6.07, 6.45) is 1.51. The van der Waals surface area contributed by atoms with Gasteiger partial charge in [0.2, 0.25) is 10.0 Å². The average molecular weight is 462 g/mol. The molecule has 0 bridgehead atoms. The van der Waals surface area contributed by atoms with Gasteiger partial charge in [0.15, 0.2) is 0 Å². The Morgan fingerprint density at radius 1 is 1.13 bits per heavy atom. The van der Waals surface area contributed by atoms with Crippen molar-refractivity contribution >= 4 is 45.1 Å². The largest absolute Gasteiger partial charge is 0.272 e. The highest BCUT2D eigenvalue weighted by molar-refractivity contribution is 7.89. The number of sulfonamides is 1. The minimum atomic E-state index is -3.90. The van der Waals surface area contributed by atoms with Crippen molar-refractivity contribution in [3.05, 3.63) is 87.1 Å². The first kappa shape index (κ1) is 22.2. The number of carbonyl (C=O) groups excluding carboxylic acids is 1. The summed E-state index contributed by atoms with van der Waals surface area (Å²) in [7, 11) is -3.90. The molecule has 9 heteroatoms. The summed E-state index contributed by atoms with van der Waals surface area (Å²) in [6, 6.07) is 17.1. The van der Waals surface area contributed by atoms with E-state index in [4.69, 9.17) is 11.6 Å². The van der Waals surface area contributed by atoms with Crippen molar-refractivity contribution in [2.45, 2.75) is 18.4 Å². The minimum absolute atomic E-state index is 0.0233. The number of aryl methyl sites for hydroxylation is 1. The van der Waals surface area contributed by atoms with E-state index in [9.17, 15) is 13.2 Å². The first-order valence-electron chi connectivity index (χ1n) is 9.01. The van der Waals surface area contributed by atoms with Crippen LogP contribution in [-0.2, 0) is 21.4 Å². The molecule has 1 amide bonds. The van der Waals surface area contributed by atoms with Crippen LogP contribution in [0.25, 0.3) is 0 Å². The van der Waals surface area contributed by atoms with Gasteiger partial charge in [-0.2, -0.15) is 9.41 Å². The molecule has 0 spiro atoms. The van der Waals surface area contributed by atoms with Crippen LogP contribution >= 0.6 is 22.9 Å². The molecular weight excluding hydrogens is 442 g/mol. The van der Waals surface area contributed by atoms with Crippen LogP contribution in [0.5, 0.6) is 0 Å². The van der Waals surface area contributed by atoms with Crippen LogP contribution < -0.4 is 5.43 Å². The van der Waals surface area contributed by atoms with Gasteiger partial charge in [0.05, 0.1) is 17.7 Å². The van der Waals surface area contributed by atoms with Gasteiger partial charge in [-0.25, -0.2) is 13.8 Å². The number of hydrogen-bond acceptors (Lipinski definition) is 5. The van der Waals surface area contributed by atoms with Gasteiger partial charge >= 0.3 is 0 Å². The van der Waals surface area contributed by atoms with E-state index >= 15 is 0 Å². The quantitative estimate of drug-likeness (QED) is 0.406. The Kier molecular flexibility index (Phi) is 7.38. The number of hydrazone groups is 1. The number of thiophene rings is 1. The van der Waals surface area contributed by atoms with Crippen molar-refractivity contribution in [2.75, 3.05) is 6.54 Å². The normalized spacial score (nSPS) is 11.8. The van der Waals surface area contributed by atoms with E-state index in [1.54, 1.807) is 36.4 Å². The van der Waals surface area contributed by atoms with E-state index in [1.165, 1.54) is 29.7 Å². The molecular formula is C21H20ClN3O3S2. The molecule has 0 radical (unpaired) electrons. The molecule has 0 fully saturated rings. The summed E-state index contributed by atoms with van der Waals surface area (Å²) in [5.41, 5.74) is 4.05. The molecule has 0 aliphatic heterocycles. The Balaban J connectivity index is 1.80. The molecule has 3 rings (SSSR count). The molecule has 2 aromatic carbocycles. The summed E-state index contributed by atoms with van der Waals surface area (Å²) >= 11 is 7.40. The molecule has 156 valence electrons. The number of halogens is 1. The van der Waals surface area contributed by atoms with Crippen molar-refractivity contribution in [1.82, 2.24) is 9.73 Å². The lowest BCUT2D eigenvalue weighted by Gasteiger charge is -2.21. The second-order valence-electron chi connectivity index (χ2n) is 6.52. The average Bonchev–Trinajstić information content (AvgIpc) is 3.23. The highest BCUT2D eigenvalue weighted by atomic mass is 35.5. The lowest BCUT2D eigenvalue weighted by atomic mass is 10.2. The van der Waals surface area contributed by atoms with E-state index < -0.39 is 15.9 Å². The number of carbonyl (C=O) groups is 1. The summed E-state index contributed by atoms with van der Waals surface area (Å²) in [5.74, 6) is -0.535. The van der Waals surface area contributed by atoms with Crippen LogP contribution in [0, 0.1) is 6.92 Å². The topological polar surface area (TPSA) is 78.8 Å². The van der Waals surface area contributed by atoms with Crippen molar-refractivity contribution in [1.29, 1.82) is 0 Å². The Bertz CT molecular complexity index is 1110. The van der Waals surface area contributed by atoms with E-state index in [1.807, 2.05) is 24.4 Å². The molecule has 0 aliphatic carbocycles. The fraction of sp³-hybridized carbons (Fsp3) is 0.143. The van der Waals surface area contributed by atoms with Crippen LogP contribution in [0.4, 0.5) is 0 Å². The Morgan fingerprint density at radius 2 is 1.83 bits per heavy atom. The molecule has 0 saturated carbocycles. The highest BCUT2D eigenvalue weighted by Gasteiger charge is 2.27. The molecule has 0 saturated heterocycles. The third kappa shape index (κ3) is 5.99. The second kappa shape index (κ2) is 9.99. The van der Waals surface area contributed by atoms with Gasteiger partial charge in [-0.05, 0) is 48.2 Å². The first-order valence-corrected chi connectivity index (χ1v) is 11.7. The van der Waals surface area contributed by atoms with Crippen LogP contribution in [0.1, 0.15) is 16.0 Å². The maximum Gasteiger partial charge on any atom is 0.255 e. The molecule has 1 N–H and O–H groups in total. The van der Waals surface area contributed by atoms with E-state index in [2.05, 4.69) is 10.5 Å². The lowest BCUT2D eigenvalue weighted by Crippen LogP contribution is -2.39. The van der Waals surface area contributed by atoms with Gasteiger partial charge in [0.25, 0.3) is 5.91 Å². The summed E-state index contributed by atoms with van der Waals surface area (Å²) in [6.45, 7) is 1.52. The zero-order valence-electron chi connectivity index (χ0n) is 16.2. The number of nitrogens with one attached hydrogen (secondary N) is 1. The van der Waals surface area contributed by atoms with Crippen molar-refractivity contribution < 1.29 is 13.2 Å². The number of rotatable bonds is 8. The van der Waals surface area contributed by atoms with Crippen LogP contribution in [0.2, 0.25) is 5.02 Å². The molecule has 0 unspecified atom stereocenters. The van der Waals surface area contributed by atoms with Crippen molar-refractivity contribution in [3.63, 3.8) is 0 Å². The summed E-state index contributed by atoms with van der Waals surface area (Å²) < 4.78 is 27.5. The highest BCUT2D eigenvalue weighted by Crippen LogP contribution is 2.20. The maximum atomic E-state index is 13.2. The van der Waals surface area contributed by atoms with Crippen LogP contribution in [0.15, 0.2) is 76.0 Å². The first-order chi connectivity index (χ1) is 14.3. The number of benzene rings is 2. The second-order valence-corrected chi connectivity index (χ2v) is 9.87. The maximum absolute atomic E-state index is 13.2. The molecule has 1 heterocycles. The Hall–Kier alpha value is -2.52. The monoisotopic (exact) mass is 461 g/mol. The minimum Gasteiger partial charge on any atom is -0.272 e. The molecule has 0 atom stereocenters. The standard InChI is InChI=1S/C21H20ClN3O3S2/c1-16-4-10-20(11-5-16)30(27,28)25(14-17-6-8-18(22)9-7-17)15-21(26)24-23-13-19-3-2-12-29-19/h2-13H,14-15H2,1H3,(H,24,26)/b23-13+. The smallest absolute Gasteiger partial charge is 0.255 e. The number of hydrogen-bond donors (Lipinski definition) is 1. The number of nitrogens with zero attached hydrogens (tertiary/aromatic N) is 2. The zero-order valence-corrected chi connectivity index (χ0v) is 18.5. The van der Waals surface area contributed by atoms with Gasteiger partial charge in [0, 0.05) is 16.4 Å².